The van der Waals surface area contributed by atoms with E-state index in [0.717, 1.165) is 38.3 Å². The number of aromatic nitrogens is 1. The highest BCUT2D eigenvalue weighted by molar-refractivity contribution is 6.29. The maximum Gasteiger partial charge on any atom is 0.219 e. The van der Waals surface area contributed by atoms with E-state index in [1.54, 1.807) is 13.1 Å². The molecule has 1 aromatic heterocycles. The summed E-state index contributed by atoms with van der Waals surface area (Å²) in [4.78, 5) is 19.4. The molecule has 1 aliphatic rings. The van der Waals surface area contributed by atoms with Gasteiger partial charge in [-0.2, -0.15) is 0 Å². The Balaban J connectivity index is 2.06. The van der Waals surface area contributed by atoms with E-state index in [2.05, 4.69) is 9.88 Å². The molecule has 1 aliphatic heterocycles. The van der Waals surface area contributed by atoms with Crippen LogP contribution in [-0.4, -0.2) is 42.0 Å². The van der Waals surface area contributed by atoms with Crippen LogP contribution in [0.3, 0.4) is 0 Å². The Morgan fingerprint density at radius 1 is 1.35 bits per heavy atom. The molecular weight excluding hydrogens is 238 g/mol. The van der Waals surface area contributed by atoms with E-state index in [1.165, 1.54) is 0 Å². The summed E-state index contributed by atoms with van der Waals surface area (Å²) in [5.74, 6) is 0.152. The van der Waals surface area contributed by atoms with Crippen molar-refractivity contribution in [2.45, 2.75) is 13.3 Å². The quantitative estimate of drug-likeness (QED) is 0.716. The largest absolute Gasteiger partial charge is 0.370 e. The predicted octanol–water partition coefficient (Wildman–Crippen LogP) is 1.79. The number of halogens is 1. The summed E-state index contributed by atoms with van der Waals surface area (Å²) in [6.07, 6.45) is 2.70. The highest BCUT2D eigenvalue weighted by atomic mass is 35.5. The zero-order chi connectivity index (χ0) is 12.3. The lowest BCUT2D eigenvalue weighted by Gasteiger charge is -2.23. The molecule has 0 aromatic carbocycles. The van der Waals surface area contributed by atoms with Gasteiger partial charge in [0.15, 0.2) is 0 Å². The number of anilines is 1. The summed E-state index contributed by atoms with van der Waals surface area (Å²) < 4.78 is 0. The van der Waals surface area contributed by atoms with Gasteiger partial charge in [0, 0.05) is 45.0 Å². The topological polar surface area (TPSA) is 36.4 Å². The third-order valence-electron chi connectivity index (χ3n) is 3.02. The van der Waals surface area contributed by atoms with Crippen molar-refractivity contribution in [2.75, 3.05) is 31.1 Å². The molecule has 0 saturated carbocycles. The normalized spacial score (nSPS) is 16.8. The van der Waals surface area contributed by atoms with E-state index < -0.39 is 0 Å². The Kier molecular flexibility index (Phi) is 3.84. The second-order valence-electron chi connectivity index (χ2n) is 4.18. The summed E-state index contributed by atoms with van der Waals surface area (Å²) in [7, 11) is 0. The number of rotatable bonds is 1. The fourth-order valence-electron chi connectivity index (χ4n) is 2.08. The molecule has 2 heterocycles. The van der Waals surface area contributed by atoms with E-state index >= 15 is 0 Å². The number of amides is 1. The summed E-state index contributed by atoms with van der Waals surface area (Å²) in [5, 5.41) is 0.509. The minimum Gasteiger partial charge on any atom is -0.370 e. The molecule has 1 fully saturated rings. The molecule has 4 nitrogen and oxygen atoms in total. The van der Waals surface area contributed by atoms with Gasteiger partial charge in [-0.15, -0.1) is 0 Å². The van der Waals surface area contributed by atoms with Crippen LogP contribution in [0.4, 0.5) is 5.69 Å². The summed E-state index contributed by atoms with van der Waals surface area (Å²) in [6, 6.07) is 3.82. The van der Waals surface area contributed by atoms with Gasteiger partial charge in [0.2, 0.25) is 5.91 Å². The van der Waals surface area contributed by atoms with Gasteiger partial charge in [0.1, 0.15) is 5.15 Å². The Morgan fingerprint density at radius 3 is 2.88 bits per heavy atom. The number of hydrogen-bond donors (Lipinski definition) is 0. The van der Waals surface area contributed by atoms with Gasteiger partial charge >= 0.3 is 0 Å². The molecule has 0 aliphatic carbocycles. The molecule has 1 amide bonds. The summed E-state index contributed by atoms with van der Waals surface area (Å²) in [5.41, 5.74) is 1.08. The Hall–Kier alpha value is -1.29. The van der Waals surface area contributed by atoms with Crippen LogP contribution in [0.2, 0.25) is 5.15 Å². The first kappa shape index (κ1) is 12.2. The second kappa shape index (κ2) is 5.36. The van der Waals surface area contributed by atoms with E-state index in [9.17, 15) is 4.79 Å². The lowest BCUT2D eigenvalue weighted by atomic mass is 10.3. The van der Waals surface area contributed by atoms with Crippen molar-refractivity contribution in [2.24, 2.45) is 0 Å². The number of pyridine rings is 1. The van der Waals surface area contributed by atoms with Crippen LogP contribution >= 0.6 is 11.6 Å². The van der Waals surface area contributed by atoms with E-state index in [1.807, 2.05) is 17.0 Å². The molecule has 1 saturated heterocycles. The second-order valence-corrected chi connectivity index (χ2v) is 4.57. The average molecular weight is 254 g/mol. The number of hydrogen-bond acceptors (Lipinski definition) is 3. The molecule has 0 atom stereocenters. The Bertz CT molecular complexity index is 410. The van der Waals surface area contributed by atoms with Crippen LogP contribution < -0.4 is 4.90 Å². The van der Waals surface area contributed by atoms with E-state index in [-0.39, 0.29) is 5.91 Å². The van der Waals surface area contributed by atoms with Crippen LogP contribution in [0.25, 0.3) is 0 Å². The monoisotopic (exact) mass is 253 g/mol. The number of carbonyl (C=O) groups is 1. The maximum atomic E-state index is 11.3. The zero-order valence-electron chi connectivity index (χ0n) is 9.90. The molecule has 0 bridgehead atoms. The van der Waals surface area contributed by atoms with Gasteiger partial charge < -0.3 is 9.80 Å². The first-order valence-electron chi connectivity index (χ1n) is 5.79. The van der Waals surface area contributed by atoms with Crippen LogP contribution in [0, 0.1) is 0 Å². The third kappa shape index (κ3) is 3.09. The van der Waals surface area contributed by atoms with Crippen molar-refractivity contribution in [3.05, 3.63) is 23.5 Å². The first-order chi connectivity index (χ1) is 8.16. The number of carbonyl (C=O) groups excluding carboxylic acids is 1. The molecule has 2 rings (SSSR count). The molecule has 0 N–H and O–H groups in total. The van der Waals surface area contributed by atoms with Gasteiger partial charge in [-0.3, -0.25) is 4.79 Å². The molecule has 0 unspecified atom stereocenters. The van der Waals surface area contributed by atoms with Gasteiger partial charge in [-0.25, -0.2) is 4.98 Å². The molecule has 5 heteroatoms. The van der Waals surface area contributed by atoms with Gasteiger partial charge in [0.05, 0.1) is 0 Å². The fourth-order valence-corrected chi connectivity index (χ4v) is 2.25. The van der Waals surface area contributed by atoms with Crippen molar-refractivity contribution in [3.63, 3.8) is 0 Å². The van der Waals surface area contributed by atoms with Crippen LogP contribution in [0.15, 0.2) is 18.3 Å². The van der Waals surface area contributed by atoms with Gasteiger partial charge in [0.25, 0.3) is 0 Å². The molecule has 0 radical (unpaired) electrons. The zero-order valence-corrected chi connectivity index (χ0v) is 10.7. The first-order valence-corrected chi connectivity index (χ1v) is 6.16. The van der Waals surface area contributed by atoms with Crippen molar-refractivity contribution in [1.82, 2.24) is 9.88 Å². The number of nitrogens with zero attached hydrogens (tertiary/aromatic N) is 3. The molecular formula is C12H16ClN3O. The van der Waals surface area contributed by atoms with Crippen molar-refractivity contribution >= 4 is 23.2 Å². The van der Waals surface area contributed by atoms with Crippen LogP contribution in [0.1, 0.15) is 13.3 Å². The van der Waals surface area contributed by atoms with Crippen molar-refractivity contribution in [1.29, 1.82) is 0 Å². The van der Waals surface area contributed by atoms with E-state index in [0.29, 0.717) is 5.15 Å². The molecule has 0 spiro atoms. The van der Waals surface area contributed by atoms with Gasteiger partial charge in [-0.05, 0) is 18.6 Å². The van der Waals surface area contributed by atoms with Gasteiger partial charge in [-0.1, -0.05) is 11.6 Å². The smallest absolute Gasteiger partial charge is 0.219 e. The standard InChI is InChI=1S/C12H16ClN3O/c1-10(17)15-5-2-6-16(8-7-15)11-3-4-14-12(13)9-11/h3-4,9H,2,5-8H2,1H3. The molecule has 92 valence electrons. The highest BCUT2D eigenvalue weighted by Crippen LogP contribution is 2.18. The highest BCUT2D eigenvalue weighted by Gasteiger charge is 2.16. The minimum absolute atomic E-state index is 0.152. The van der Waals surface area contributed by atoms with Crippen molar-refractivity contribution < 1.29 is 4.79 Å². The van der Waals surface area contributed by atoms with Crippen LogP contribution in [-0.2, 0) is 4.79 Å². The third-order valence-corrected chi connectivity index (χ3v) is 3.22. The minimum atomic E-state index is 0.152. The summed E-state index contributed by atoms with van der Waals surface area (Å²) in [6.45, 7) is 5.03. The molecule has 1 aromatic rings. The summed E-state index contributed by atoms with van der Waals surface area (Å²) >= 11 is 5.88. The lowest BCUT2D eigenvalue weighted by molar-refractivity contribution is -0.128. The fraction of sp³-hybridized carbons (Fsp3) is 0.500. The van der Waals surface area contributed by atoms with E-state index in [4.69, 9.17) is 11.6 Å². The SMILES string of the molecule is CC(=O)N1CCCN(c2ccnc(Cl)c2)CC1. The lowest BCUT2D eigenvalue weighted by Crippen LogP contribution is -2.33. The van der Waals surface area contributed by atoms with Crippen molar-refractivity contribution in [3.8, 4) is 0 Å². The molecule has 17 heavy (non-hydrogen) atoms. The Labute approximate surface area is 106 Å². The maximum absolute atomic E-state index is 11.3. The average Bonchev–Trinajstić information content (AvgIpc) is 2.54. The predicted molar refractivity (Wildman–Crippen MR) is 68.3 cm³/mol. The Morgan fingerprint density at radius 2 is 2.18 bits per heavy atom. The van der Waals surface area contributed by atoms with Crippen LogP contribution in [0.5, 0.6) is 0 Å².